The van der Waals surface area contributed by atoms with Crippen LogP contribution in [0.15, 0.2) is 28.7 Å². The number of aldehydes is 1. The summed E-state index contributed by atoms with van der Waals surface area (Å²) in [5, 5.41) is 0.786. The molecule has 3 heteroatoms. The third kappa shape index (κ3) is 1.09. The van der Waals surface area contributed by atoms with Crippen molar-refractivity contribution in [2.75, 3.05) is 7.11 Å². The van der Waals surface area contributed by atoms with Gasteiger partial charge in [0.25, 0.3) is 5.95 Å². The number of benzene rings is 1. The molecule has 3 nitrogen and oxygen atoms in total. The lowest BCUT2D eigenvalue weighted by atomic mass is 10.2. The van der Waals surface area contributed by atoms with Gasteiger partial charge in [-0.25, -0.2) is 0 Å². The van der Waals surface area contributed by atoms with Crippen LogP contribution >= 0.6 is 0 Å². The minimum atomic E-state index is 0.274. The fourth-order valence-corrected chi connectivity index (χ4v) is 1.31. The summed E-state index contributed by atoms with van der Waals surface area (Å²) < 4.78 is 10.2. The number of hydrogen-bond acceptors (Lipinski definition) is 3. The molecule has 0 amide bonds. The maximum atomic E-state index is 10.7. The second-order valence-electron chi connectivity index (χ2n) is 2.62. The lowest BCUT2D eigenvalue weighted by Gasteiger charge is -1.91. The zero-order valence-electron chi connectivity index (χ0n) is 7.11. The molecule has 0 aliphatic rings. The van der Waals surface area contributed by atoms with Crippen LogP contribution < -0.4 is 4.74 Å². The van der Waals surface area contributed by atoms with Crippen LogP contribution in [0.1, 0.15) is 10.4 Å². The van der Waals surface area contributed by atoms with Gasteiger partial charge in [-0.1, -0.05) is 18.2 Å². The highest BCUT2D eigenvalue weighted by atomic mass is 16.6. The summed E-state index contributed by atoms with van der Waals surface area (Å²) in [6.45, 7) is 0. The van der Waals surface area contributed by atoms with E-state index in [9.17, 15) is 4.79 Å². The Kier molecular flexibility index (Phi) is 1.77. The number of carbonyl (C=O) groups is 1. The van der Waals surface area contributed by atoms with Crippen LogP contribution in [0.25, 0.3) is 11.0 Å². The molecule has 0 bridgehead atoms. The van der Waals surface area contributed by atoms with E-state index >= 15 is 0 Å². The van der Waals surface area contributed by atoms with Gasteiger partial charge in [-0.15, -0.1) is 0 Å². The summed E-state index contributed by atoms with van der Waals surface area (Å²) in [5.41, 5.74) is 1.14. The number of ether oxygens (including phenoxy) is 1. The van der Waals surface area contributed by atoms with E-state index in [0.717, 1.165) is 11.7 Å². The number of carbonyl (C=O) groups excluding carboxylic acids is 1. The van der Waals surface area contributed by atoms with E-state index in [1.807, 2.05) is 18.2 Å². The first kappa shape index (κ1) is 7.86. The Morgan fingerprint density at radius 2 is 2.15 bits per heavy atom. The van der Waals surface area contributed by atoms with Crippen molar-refractivity contribution >= 4 is 17.3 Å². The summed E-state index contributed by atoms with van der Waals surface area (Å²) in [4.78, 5) is 10.7. The summed E-state index contributed by atoms with van der Waals surface area (Å²) in [7, 11) is 1.48. The number of para-hydroxylation sites is 1. The molecular weight excluding hydrogens is 168 g/mol. The zero-order valence-corrected chi connectivity index (χ0v) is 7.11. The minimum Gasteiger partial charge on any atom is -0.468 e. The number of hydrogen-bond donors (Lipinski definition) is 0. The molecule has 1 aromatic carbocycles. The average molecular weight is 176 g/mol. The van der Waals surface area contributed by atoms with Crippen molar-refractivity contribution in [3.63, 3.8) is 0 Å². The topological polar surface area (TPSA) is 39.4 Å². The SMILES string of the molecule is COc1oc2ccccc2c1C=O. The van der Waals surface area contributed by atoms with Crippen LogP contribution in [0.5, 0.6) is 5.95 Å². The van der Waals surface area contributed by atoms with Gasteiger partial charge < -0.3 is 9.15 Å². The van der Waals surface area contributed by atoms with Crippen molar-refractivity contribution in [2.24, 2.45) is 0 Å². The highest BCUT2D eigenvalue weighted by molar-refractivity contribution is 5.98. The second-order valence-corrected chi connectivity index (χ2v) is 2.62. The third-order valence-electron chi connectivity index (χ3n) is 1.90. The maximum Gasteiger partial charge on any atom is 0.296 e. The Hall–Kier alpha value is -1.77. The van der Waals surface area contributed by atoms with Crippen molar-refractivity contribution in [1.82, 2.24) is 0 Å². The van der Waals surface area contributed by atoms with E-state index in [1.54, 1.807) is 6.07 Å². The molecule has 2 rings (SSSR count). The molecule has 0 aliphatic heterocycles. The smallest absolute Gasteiger partial charge is 0.296 e. The van der Waals surface area contributed by atoms with Gasteiger partial charge in [-0.3, -0.25) is 4.79 Å². The number of rotatable bonds is 2. The van der Waals surface area contributed by atoms with Gasteiger partial charge in [0.15, 0.2) is 6.29 Å². The van der Waals surface area contributed by atoms with Crippen LogP contribution in [0, 0.1) is 0 Å². The maximum absolute atomic E-state index is 10.7. The first-order valence-electron chi connectivity index (χ1n) is 3.87. The van der Waals surface area contributed by atoms with E-state index in [4.69, 9.17) is 9.15 Å². The Morgan fingerprint density at radius 3 is 2.85 bits per heavy atom. The van der Waals surface area contributed by atoms with E-state index in [0.29, 0.717) is 11.1 Å². The molecule has 0 N–H and O–H groups in total. The second kappa shape index (κ2) is 2.94. The van der Waals surface area contributed by atoms with Crippen molar-refractivity contribution in [2.45, 2.75) is 0 Å². The van der Waals surface area contributed by atoms with Crippen molar-refractivity contribution in [1.29, 1.82) is 0 Å². The van der Waals surface area contributed by atoms with Crippen LogP contribution in [0.2, 0.25) is 0 Å². The molecule has 13 heavy (non-hydrogen) atoms. The summed E-state index contributed by atoms with van der Waals surface area (Å²) >= 11 is 0. The Labute approximate surface area is 74.9 Å². The van der Waals surface area contributed by atoms with Gasteiger partial charge in [-0.05, 0) is 6.07 Å². The van der Waals surface area contributed by atoms with Gasteiger partial charge in [0.2, 0.25) is 0 Å². The number of methoxy groups -OCH3 is 1. The normalized spacial score (nSPS) is 10.2. The van der Waals surface area contributed by atoms with Gasteiger partial charge >= 0.3 is 0 Å². The molecule has 1 aromatic heterocycles. The first-order valence-corrected chi connectivity index (χ1v) is 3.87. The largest absolute Gasteiger partial charge is 0.468 e. The third-order valence-corrected chi connectivity index (χ3v) is 1.90. The molecule has 2 aromatic rings. The predicted octanol–water partition coefficient (Wildman–Crippen LogP) is 2.25. The molecule has 0 saturated heterocycles. The summed E-state index contributed by atoms with van der Waals surface area (Å²) in [6, 6.07) is 7.32. The zero-order chi connectivity index (χ0) is 9.26. The van der Waals surface area contributed by atoms with Crippen molar-refractivity contribution < 1.29 is 13.9 Å². The molecule has 0 radical (unpaired) electrons. The molecule has 0 saturated carbocycles. The van der Waals surface area contributed by atoms with Crippen molar-refractivity contribution in [3.05, 3.63) is 29.8 Å². The van der Waals surface area contributed by atoms with Gasteiger partial charge in [0, 0.05) is 5.39 Å². The standard InChI is InChI=1S/C10H8O3/c1-12-10-8(6-11)7-4-2-3-5-9(7)13-10/h2-6H,1H3. The highest BCUT2D eigenvalue weighted by Crippen LogP contribution is 2.29. The van der Waals surface area contributed by atoms with Crippen molar-refractivity contribution in [3.8, 4) is 5.95 Å². The van der Waals surface area contributed by atoms with Crippen LogP contribution in [0.3, 0.4) is 0 Å². The number of fused-ring (bicyclic) bond motifs is 1. The monoisotopic (exact) mass is 176 g/mol. The van der Waals surface area contributed by atoms with Crippen LogP contribution in [0.4, 0.5) is 0 Å². The van der Waals surface area contributed by atoms with Gasteiger partial charge in [-0.2, -0.15) is 0 Å². The van der Waals surface area contributed by atoms with E-state index < -0.39 is 0 Å². The predicted molar refractivity (Wildman–Crippen MR) is 48.2 cm³/mol. The summed E-state index contributed by atoms with van der Waals surface area (Å²) in [6.07, 6.45) is 0.741. The Bertz CT molecular complexity index is 442. The Balaban J connectivity index is 2.81. The highest BCUT2D eigenvalue weighted by Gasteiger charge is 2.12. The molecule has 0 unspecified atom stereocenters. The minimum absolute atomic E-state index is 0.274. The summed E-state index contributed by atoms with van der Waals surface area (Å²) in [5.74, 6) is 0.274. The van der Waals surface area contributed by atoms with Gasteiger partial charge in [0.05, 0.1) is 7.11 Å². The molecule has 1 heterocycles. The molecular formula is C10H8O3. The molecule has 0 atom stereocenters. The molecule has 66 valence electrons. The van der Waals surface area contributed by atoms with E-state index in [1.165, 1.54) is 7.11 Å². The molecule has 0 fully saturated rings. The fourth-order valence-electron chi connectivity index (χ4n) is 1.31. The average Bonchev–Trinajstić information content (AvgIpc) is 2.55. The quantitative estimate of drug-likeness (QED) is 0.659. The lowest BCUT2D eigenvalue weighted by Crippen LogP contribution is -1.84. The van der Waals surface area contributed by atoms with E-state index in [2.05, 4.69) is 0 Å². The molecule has 0 spiro atoms. The number of furan rings is 1. The van der Waals surface area contributed by atoms with Gasteiger partial charge in [0.1, 0.15) is 11.1 Å². The van der Waals surface area contributed by atoms with Crippen LogP contribution in [-0.2, 0) is 0 Å². The Morgan fingerprint density at radius 1 is 1.38 bits per heavy atom. The first-order chi connectivity index (χ1) is 6.36. The van der Waals surface area contributed by atoms with Crippen LogP contribution in [-0.4, -0.2) is 13.4 Å². The molecule has 0 aliphatic carbocycles. The van der Waals surface area contributed by atoms with E-state index in [-0.39, 0.29) is 5.95 Å². The lowest BCUT2D eigenvalue weighted by molar-refractivity contribution is 0.111. The fraction of sp³-hybridized carbons (Fsp3) is 0.100.